The number of hydrogen-bond acceptors (Lipinski definition) is 4. The number of aromatic nitrogens is 1. The van der Waals surface area contributed by atoms with E-state index in [1.807, 2.05) is 31.2 Å². The lowest BCUT2D eigenvalue weighted by molar-refractivity contribution is -0.130. The molecule has 0 saturated carbocycles. The smallest absolute Gasteiger partial charge is 0.271 e. The average Bonchev–Trinajstić information content (AvgIpc) is 3.14. The van der Waals surface area contributed by atoms with Gasteiger partial charge in [0, 0.05) is 31.0 Å². The van der Waals surface area contributed by atoms with Crippen molar-refractivity contribution in [1.82, 2.24) is 9.88 Å². The molecule has 7 nitrogen and oxygen atoms in total. The number of amides is 2. The third-order valence-electron chi connectivity index (χ3n) is 6.02. The van der Waals surface area contributed by atoms with E-state index in [2.05, 4.69) is 4.98 Å². The quantitative estimate of drug-likeness (QED) is 0.866. The molecule has 0 radical (unpaired) electrons. The number of rotatable bonds is 3. The molecule has 1 atom stereocenters. The number of piperidine rings is 1. The van der Waals surface area contributed by atoms with Crippen molar-refractivity contribution in [1.29, 1.82) is 0 Å². The molecule has 29 heavy (non-hydrogen) atoms. The minimum atomic E-state index is -0.850. The molecular weight excluding hydrogens is 370 g/mol. The Morgan fingerprint density at radius 3 is 2.45 bits per heavy atom. The molecule has 1 N–H and O–H groups in total. The summed E-state index contributed by atoms with van der Waals surface area (Å²) in [7, 11) is 1.40. The van der Waals surface area contributed by atoms with Gasteiger partial charge < -0.3 is 19.5 Å². The van der Waals surface area contributed by atoms with Crippen LogP contribution >= 0.6 is 0 Å². The van der Waals surface area contributed by atoms with Crippen LogP contribution in [0.15, 0.2) is 41.3 Å². The summed E-state index contributed by atoms with van der Waals surface area (Å²) in [5.41, 5.74) is 0.958. The van der Waals surface area contributed by atoms with Gasteiger partial charge in [-0.25, -0.2) is 0 Å². The number of likely N-dealkylation sites (tertiary alicyclic amines) is 1. The molecule has 1 unspecified atom stereocenters. The number of anilines is 1. The summed E-state index contributed by atoms with van der Waals surface area (Å²) in [6.07, 6.45) is 4.25. The van der Waals surface area contributed by atoms with Gasteiger partial charge in [0.05, 0.1) is 7.11 Å². The van der Waals surface area contributed by atoms with Crippen LogP contribution in [-0.4, -0.2) is 47.4 Å². The van der Waals surface area contributed by atoms with E-state index in [0.29, 0.717) is 25.9 Å². The highest BCUT2D eigenvalue weighted by molar-refractivity contribution is 6.05. The van der Waals surface area contributed by atoms with E-state index >= 15 is 0 Å². The maximum Gasteiger partial charge on any atom is 0.271 e. The monoisotopic (exact) mass is 395 g/mol. The predicted octanol–water partition coefficient (Wildman–Crippen LogP) is 2.49. The fourth-order valence-corrected chi connectivity index (χ4v) is 4.50. The van der Waals surface area contributed by atoms with Crippen LogP contribution in [0.1, 0.15) is 41.7 Å². The fourth-order valence-electron chi connectivity index (χ4n) is 4.50. The molecule has 0 bridgehead atoms. The van der Waals surface area contributed by atoms with Crippen molar-refractivity contribution in [3.63, 3.8) is 0 Å². The summed E-state index contributed by atoms with van der Waals surface area (Å²) in [6.45, 7) is 3.15. The highest BCUT2D eigenvalue weighted by atomic mass is 16.5. The number of hydrogen-bond donors (Lipinski definition) is 1. The minimum absolute atomic E-state index is 0.0330. The summed E-state index contributed by atoms with van der Waals surface area (Å²) in [6, 6.07) is 9.13. The first-order chi connectivity index (χ1) is 14.0. The Labute approximate surface area is 169 Å². The number of aromatic amines is 1. The second-order valence-corrected chi connectivity index (χ2v) is 7.77. The van der Waals surface area contributed by atoms with Crippen LogP contribution in [-0.2, 0) is 4.79 Å². The van der Waals surface area contributed by atoms with Gasteiger partial charge in [-0.2, -0.15) is 0 Å². The van der Waals surface area contributed by atoms with Gasteiger partial charge in [-0.3, -0.25) is 14.4 Å². The number of H-pyrrole nitrogens is 1. The Balaban J connectivity index is 1.66. The molecule has 2 aliphatic heterocycles. The van der Waals surface area contributed by atoms with Crippen molar-refractivity contribution in [3.05, 3.63) is 58.0 Å². The number of aryl methyl sites for hydroxylation is 1. The van der Waals surface area contributed by atoms with Gasteiger partial charge in [-0.05, 0) is 44.7 Å². The minimum Gasteiger partial charge on any atom is -0.491 e. The molecule has 1 aromatic heterocycles. The second-order valence-electron chi connectivity index (χ2n) is 7.77. The highest BCUT2D eigenvalue weighted by Gasteiger charge is 2.53. The number of pyridine rings is 1. The lowest BCUT2D eigenvalue weighted by Gasteiger charge is -2.44. The van der Waals surface area contributed by atoms with Crippen molar-refractivity contribution < 1.29 is 14.3 Å². The zero-order chi connectivity index (χ0) is 20.6. The zero-order valence-electron chi connectivity index (χ0n) is 16.7. The number of nitrogens with zero attached hydrogens (tertiary/aromatic N) is 2. The molecule has 152 valence electrons. The first-order valence-corrected chi connectivity index (χ1v) is 9.93. The van der Waals surface area contributed by atoms with E-state index in [1.54, 1.807) is 9.80 Å². The van der Waals surface area contributed by atoms with Crippen molar-refractivity contribution in [2.75, 3.05) is 25.1 Å². The van der Waals surface area contributed by atoms with Crippen LogP contribution in [0.25, 0.3) is 0 Å². The number of nitrogens with one attached hydrogen (secondary N) is 1. The highest BCUT2D eigenvalue weighted by Crippen LogP contribution is 2.40. The van der Waals surface area contributed by atoms with Gasteiger partial charge in [0.15, 0.2) is 5.75 Å². The summed E-state index contributed by atoms with van der Waals surface area (Å²) in [4.78, 5) is 45.2. The summed E-state index contributed by atoms with van der Waals surface area (Å²) >= 11 is 0. The first kappa shape index (κ1) is 19.2. The second kappa shape index (κ2) is 7.39. The van der Waals surface area contributed by atoms with E-state index in [9.17, 15) is 14.4 Å². The Morgan fingerprint density at radius 1 is 1.10 bits per heavy atom. The summed E-state index contributed by atoms with van der Waals surface area (Å²) in [5.74, 6) is -0.201. The molecule has 1 aromatic carbocycles. The molecule has 3 heterocycles. The Kier molecular flexibility index (Phi) is 4.90. The molecule has 4 rings (SSSR count). The molecule has 2 aliphatic rings. The Morgan fingerprint density at radius 2 is 1.79 bits per heavy atom. The number of benzene rings is 1. The lowest BCUT2D eigenvalue weighted by atomic mass is 9.84. The molecular formula is C22H25N3O4. The fraction of sp³-hybridized carbons (Fsp3) is 0.409. The zero-order valence-corrected chi connectivity index (χ0v) is 16.7. The topological polar surface area (TPSA) is 82.7 Å². The number of methoxy groups -OCH3 is 1. The molecule has 0 aliphatic carbocycles. The Bertz CT molecular complexity index is 998. The maximum absolute atomic E-state index is 13.6. The third-order valence-corrected chi connectivity index (χ3v) is 6.02. The van der Waals surface area contributed by atoms with E-state index in [0.717, 1.165) is 24.1 Å². The van der Waals surface area contributed by atoms with Crippen molar-refractivity contribution in [2.24, 2.45) is 0 Å². The average molecular weight is 395 g/mol. The number of carbonyl (C=O) groups excluding carboxylic acids is 2. The number of carbonyl (C=O) groups is 2. The molecule has 2 fully saturated rings. The predicted molar refractivity (Wildman–Crippen MR) is 109 cm³/mol. The van der Waals surface area contributed by atoms with Crippen molar-refractivity contribution in [2.45, 2.75) is 38.1 Å². The van der Waals surface area contributed by atoms with Gasteiger partial charge in [0.25, 0.3) is 11.8 Å². The van der Waals surface area contributed by atoms with E-state index in [4.69, 9.17) is 4.74 Å². The van der Waals surface area contributed by atoms with Crippen molar-refractivity contribution >= 4 is 17.5 Å². The van der Waals surface area contributed by atoms with E-state index < -0.39 is 5.54 Å². The first-order valence-electron chi connectivity index (χ1n) is 9.93. The van der Waals surface area contributed by atoms with Crippen LogP contribution in [0.3, 0.4) is 0 Å². The molecule has 2 saturated heterocycles. The van der Waals surface area contributed by atoms with Gasteiger partial charge in [-0.15, -0.1) is 0 Å². The normalized spacial score (nSPS) is 21.7. The summed E-state index contributed by atoms with van der Waals surface area (Å²) in [5, 5.41) is 0. The van der Waals surface area contributed by atoms with E-state index in [1.165, 1.54) is 19.4 Å². The Hall–Kier alpha value is -3.09. The maximum atomic E-state index is 13.6. The van der Waals surface area contributed by atoms with Gasteiger partial charge in [-0.1, -0.05) is 17.7 Å². The van der Waals surface area contributed by atoms with Crippen LogP contribution in [0.2, 0.25) is 0 Å². The van der Waals surface area contributed by atoms with Crippen LogP contribution in [0.5, 0.6) is 5.75 Å². The van der Waals surface area contributed by atoms with Crippen molar-refractivity contribution in [3.8, 4) is 5.75 Å². The standard InChI is InChI=1S/C22H25N3O4/c1-15-5-7-16(8-6-15)24-11-3-9-22(21(24)28)10-4-12-25(22)20(27)17-13-18(26)19(29-2)14-23-17/h5-8,13-14H,3-4,9-12H2,1-2H3,(H,23,26). The van der Waals surface area contributed by atoms with Gasteiger partial charge >= 0.3 is 0 Å². The molecule has 1 spiro atoms. The van der Waals surface area contributed by atoms with Gasteiger partial charge in [0.2, 0.25) is 5.43 Å². The van der Waals surface area contributed by atoms with Crippen LogP contribution in [0.4, 0.5) is 5.69 Å². The largest absolute Gasteiger partial charge is 0.491 e. The van der Waals surface area contributed by atoms with E-state index in [-0.39, 0.29) is 28.7 Å². The van der Waals surface area contributed by atoms with Gasteiger partial charge in [0.1, 0.15) is 11.2 Å². The molecule has 2 amide bonds. The molecule has 2 aromatic rings. The molecule has 7 heteroatoms. The van der Waals surface area contributed by atoms with Crippen LogP contribution in [0, 0.1) is 6.92 Å². The number of ether oxygens (including phenoxy) is 1. The summed E-state index contributed by atoms with van der Waals surface area (Å²) < 4.78 is 4.97. The third kappa shape index (κ3) is 3.20. The SMILES string of the molecule is COc1c[nH]c(C(=O)N2CCCC23CCCN(c2ccc(C)cc2)C3=O)cc1=O. The lowest BCUT2D eigenvalue weighted by Crippen LogP contribution is -2.61. The van der Waals surface area contributed by atoms with Crippen LogP contribution < -0.4 is 15.1 Å².